The van der Waals surface area contributed by atoms with Gasteiger partial charge in [0.1, 0.15) is 0 Å². The Labute approximate surface area is 103 Å². The van der Waals surface area contributed by atoms with E-state index in [2.05, 4.69) is 9.82 Å². The molecule has 0 aliphatic rings. The summed E-state index contributed by atoms with van der Waals surface area (Å²) in [5.74, 6) is 0.196. The van der Waals surface area contributed by atoms with Crippen LogP contribution in [0.1, 0.15) is 36.7 Å². The van der Waals surface area contributed by atoms with Gasteiger partial charge in [-0.2, -0.15) is 5.10 Å². The lowest BCUT2D eigenvalue weighted by molar-refractivity contribution is 0.577. The molecule has 0 unspecified atom stereocenters. The van der Waals surface area contributed by atoms with Crippen LogP contribution in [-0.2, 0) is 23.6 Å². The average Bonchev–Trinajstić information content (AvgIpc) is 2.48. The summed E-state index contributed by atoms with van der Waals surface area (Å²) in [6, 6.07) is 0. The van der Waals surface area contributed by atoms with Crippen LogP contribution >= 0.6 is 0 Å². The number of unbranched alkanes of at least 4 members (excludes halogenated alkanes) is 1. The third kappa shape index (κ3) is 3.81. The van der Waals surface area contributed by atoms with Gasteiger partial charge in [-0.05, 0) is 20.3 Å². The van der Waals surface area contributed by atoms with Gasteiger partial charge in [-0.15, -0.1) is 0 Å². The maximum absolute atomic E-state index is 11.7. The smallest absolute Gasteiger partial charge is 0.211 e. The van der Waals surface area contributed by atoms with Crippen LogP contribution in [0.4, 0.5) is 0 Å². The van der Waals surface area contributed by atoms with Crippen LogP contribution in [-0.4, -0.2) is 24.0 Å². The second-order valence-corrected chi connectivity index (χ2v) is 6.19. The Balaban J connectivity index is 2.67. The first-order valence-electron chi connectivity index (χ1n) is 5.83. The molecule has 1 heterocycles. The van der Waals surface area contributed by atoms with Crippen LogP contribution in [0.3, 0.4) is 0 Å². The molecule has 6 heteroatoms. The minimum absolute atomic E-state index is 0.196. The standard InChI is InChI=1S/C11H21N3O2S/c1-5-6-7-17(15,16)12-8-11-9(2)13-14(4)10(11)3/h12H,5-8H2,1-4H3. The van der Waals surface area contributed by atoms with Crippen molar-refractivity contribution >= 4 is 10.0 Å². The Bertz CT molecular complexity index is 477. The van der Waals surface area contributed by atoms with Crippen molar-refractivity contribution in [3.63, 3.8) is 0 Å². The molecule has 0 radical (unpaired) electrons. The third-order valence-electron chi connectivity index (χ3n) is 2.89. The van der Waals surface area contributed by atoms with Crippen LogP contribution in [0.2, 0.25) is 0 Å². The molecule has 1 N–H and O–H groups in total. The van der Waals surface area contributed by atoms with E-state index in [9.17, 15) is 8.42 Å². The maximum Gasteiger partial charge on any atom is 0.211 e. The summed E-state index contributed by atoms with van der Waals surface area (Å²) in [4.78, 5) is 0. The molecule has 0 bridgehead atoms. The van der Waals surface area contributed by atoms with Gasteiger partial charge in [0.05, 0.1) is 11.4 Å². The second kappa shape index (κ2) is 5.64. The molecule has 0 saturated heterocycles. The molecule has 5 nitrogen and oxygen atoms in total. The number of sulfonamides is 1. The van der Waals surface area contributed by atoms with Crippen LogP contribution in [0.25, 0.3) is 0 Å². The van der Waals surface area contributed by atoms with E-state index in [0.29, 0.717) is 13.0 Å². The summed E-state index contributed by atoms with van der Waals surface area (Å²) >= 11 is 0. The Morgan fingerprint density at radius 1 is 1.35 bits per heavy atom. The summed E-state index contributed by atoms with van der Waals surface area (Å²) in [6.45, 7) is 6.14. The highest BCUT2D eigenvalue weighted by molar-refractivity contribution is 7.89. The van der Waals surface area contributed by atoms with Crippen molar-refractivity contribution in [3.05, 3.63) is 17.0 Å². The minimum atomic E-state index is -3.15. The molecule has 0 atom stereocenters. The highest BCUT2D eigenvalue weighted by Gasteiger charge is 2.13. The Morgan fingerprint density at radius 3 is 2.47 bits per heavy atom. The number of rotatable bonds is 6. The lowest BCUT2D eigenvalue weighted by Crippen LogP contribution is -2.26. The van der Waals surface area contributed by atoms with E-state index in [-0.39, 0.29) is 5.75 Å². The van der Waals surface area contributed by atoms with Crippen molar-refractivity contribution in [2.24, 2.45) is 7.05 Å². The fourth-order valence-electron chi connectivity index (χ4n) is 1.66. The number of hydrogen-bond acceptors (Lipinski definition) is 3. The molecular formula is C11H21N3O2S. The summed E-state index contributed by atoms with van der Waals surface area (Å²) in [5, 5.41) is 4.26. The largest absolute Gasteiger partial charge is 0.272 e. The zero-order chi connectivity index (χ0) is 13.1. The summed E-state index contributed by atoms with van der Waals surface area (Å²) in [7, 11) is -1.29. The summed E-state index contributed by atoms with van der Waals surface area (Å²) < 4.78 is 27.7. The zero-order valence-electron chi connectivity index (χ0n) is 10.9. The topological polar surface area (TPSA) is 64.0 Å². The molecule has 1 rings (SSSR count). The van der Waals surface area contributed by atoms with Gasteiger partial charge in [0, 0.05) is 24.8 Å². The van der Waals surface area contributed by atoms with Crippen LogP contribution in [0.15, 0.2) is 0 Å². The molecule has 17 heavy (non-hydrogen) atoms. The average molecular weight is 259 g/mol. The molecule has 0 saturated carbocycles. The van der Waals surface area contributed by atoms with Gasteiger partial charge in [-0.1, -0.05) is 13.3 Å². The number of aryl methyl sites for hydroxylation is 2. The molecule has 1 aromatic rings. The fourth-order valence-corrected chi connectivity index (χ4v) is 2.84. The first-order chi connectivity index (χ1) is 7.87. The van der Waals surface area contributed by atoms with Gasteiger partial charge in [0.15, 0.2) is 0 Å². The molecule has 0 aliphatic heterocycles. The van der Waals surface area contributed by atoms with Crippen LogP contribution < -0.4 is 4.72 Å². The van der Waals surface area contributed by atoms with Crippen molar-refractivity contribution in [2.45, 2.75) is 40.2 Å². The quantitative estimate of drug-likeness (QED) is 0.836. The highest BCUT2D eigenvalue weighted by Crippen LogP contribution is 2.11. The Morgan fingerprint density at radius 2 is 2.00 bits per heavy atom. The van der Waals surface area contributed by atoms with Gasteiger partial charge in [0.25, 0.3) is 0 Å². The predicted molar refractivity (Wildman–Crippen MR) is 68.2 cm³/mol. The highest BCUT2D eigenvalue weighted by atomic mass is 32.2. The summed E-state index contributed by atoms with van der Waals surface area (Å²) in [6.07, 6.45) is 1.58. The van der Waals surface area contributed by atoms with Crippen molar-refractivity contribution in [3.8, 4) is 0 Å². The minimum Gasteiger partial charge on any atom is -0.272 e. The van der Waals surface area contributed by atoms with E-state index >= 15 is 0 Å². The van der Waals surface area contributed by atoms with Gasteiger partial charge < -0.3 is 0 Å². The van der Waals surface area contributed by atoms with Crippen molar-refractivity contribution in [1.82, 2.24) is 14.5 Å². The first-order valence-corrected chi connectivity index (χ1v) is 7.49. The number of hydrogen-bond donors (Lipinski definition) is 1. The van der Waals surface area contributed by atoms with Crippen LogP contribution in [0, 0.1) is 13.8 Å². The van der Waals surface area contributed by atoms with Crippen LogP contribution in [0.5, 0.6) is 0 Å². The maximum atomic E-state index is 11.7. The van der Waals surface area contributed by atoms with Gasteiger partial charge in [0.2, 0.25) is 10.0 Å². The van der Waals surface area contributed by atoms with Gasteiger partial charge in [-0.25, -0.2) is 13.1 Å². The second-order valence-electron chi connectivity index (χ2n) is 4.27. The first kappa shape index (κ1) is 14.2. The fraction of sp³-hybridized carbons (Fsp3) is 0.727. The van der Waals surface area contributed by atoms with E-state index in [1.54, 1.807) is 4.68 Å². The lowest BCUT2D eigenvalue weighted by Gasteiger charge is -2.06. The zero-order valence-corrected chi connectivity index (χ0v) is 11.8. The SMILES string of the molecule is CCCCS(=O)(=O)NCc1c(C)nn(C)c1C. The Hall–Kier alpha value is -0.880. The molecular weight excluding hydrogens is 238 g/mol. The molecule has 98 valence electrons. The number of nitrogens with zero attached hydrogens (tertiary/aromatic N) is 2. The van der Waals surface area contributed by atoms with E-state index in [4.69, 9.17) is 0 Å². The number of nitrogens with one attached hydrogen (secondary N) is 1. The predicted octanol–water partition coefficient (Wildman–Crippen LogP) is 1.26. The van der Waals surface area contributed by atoms with Gasteiger partial charge >= 0.3 is 0 Å². The monoisotopic (exact) mass is 259 g/mol. The molecule has 1 aromatic heterocycles. The van der Waals surface area contributed by atoms with Crippen molar-refractivity contribution in [2.75, 3.05) is 5.75 Å². The lowest BCUT2D eigenvalue weighted by atomic mass is 10.2. The Kier molecular flexibility index (Phi) is 4.70. The molecule has 0 fully saturated rings. The molecule has 0 amide bonds. The van der Waals surface area contributed by atoms with Crippen molar-refractivity contribution in [1.29, 1.82) is 0 Å². The van der Waals surface area contributed by atoms with E-state index in [0.717, 1.165) is 23.4 Å². The summed E-state index contributed by atoms with van der Waals surface area (Å²) in [5.41, 5.74) is 2.84. The normalized spacial score (nSPS) is 12.0. The molecule has 0 spiro atoms. The third-order valence-corrected chi connectivity index (χ3v) is 4.30. The van der Waals surface area contributed by atoms with Crippen molar-refractivity contribution < 1.29 is 8.42 Å². The molecule has 0 aliphatic carbocycles. The molecule has 0 aromatic carbocycles. The van der Waals surface area contributed by atoms with E-state index < -0.39 is 10.0 Å². The van der Waals surface area contributed by atoms with Gasteiger partial charge in [-0.3, -0.25) is 4.68 Å². The van der Waals surface area contributed by atoms with E-state index in [1.165, 1.54) is 0 Å². The number of aromatic nitrogens is 2. The van der Waals surface area contributed by atoms with E-state index in [1.807, 2.05) is 27.8 Å².